The van der Waals surface area contributed by atoms with Gasteiger partial charge in [-0.05, 0) is 18.1 Å². The third-order valence-corrected chi connectivity index (χ3v) is 2.73. The van der Waals surface area contributed by atoms with E-state index in [0.29, 0.717) is 5.15 Å². The molecule has 0 bridgehead atoms. The van der Waals surface area contributed by atoms with Crippen molar-refractivity contribution in [2.75, 3.05) is 19.0 Å². The third-order valence-electron chi connectivity index (χ3n) is 2.53. The Labute approximate surface area is 111 Å². The smallest absolute Gasteiger partial charge is 0.134 e. The highest BCUT2D eigenvalue weighted by atomic mass is 35.5. The van der Waals surface area contributed by atoms with Crippen LogP contribution in [0.25, 0.3) is 0 Å². The van der Waals surface area contributed by atoms with Gasteiger partial charge in [-0.1, -0.05) is 29.8 Å². The molecule has 94 valence electrons. The Bertz CT molecular complexity index is 519. The third kappa shape index (κ3) is 3.34. The van der Waals surface area contributed by atoms with E-state index in [9.17, 15) is 0 Å². The van der Waals surface area contributed by atoms with Crippen LogP contribution in [0.5, 0.6) is 5.75 Å². The Morgan fingerprint density at radius 3 is 2.89 bits per heavy atom. The zero-order chi connectivity index (χ0) is 12.8. The van der Waals surface area contributed by atoms with E-state index in [0.717, 1.165) is 30.1 Å². The molecule has 2 rings (SSSR count). The first kappa shape index (κ1) is 12.6. The second-order valence-electron chi connectivity index (χ2n) is 3.71. The number of aromatic nitrogens is 2. The molecule has 0 unspecified atom stereocenters. The molecule has 0 aliphatic rings. The van der Waals surface area contributed by atoms with Crippen LogP contribution in [0.3, 0.4) is 0 Å². The van der Waals surface area contributed by atoms with Gasteiger partial charge in [-0.3, -0.25) is 0 Å². The van der Waals surface area contributed by atoms with Gasteiger partial charge in [0, 0.05) is 12.6 Å². The Morgan fingerprint density at radius 2 is 2.11 bits per heavy atom. The minimum Gasteiger partial charge on any atom is -0.496 e. The van der Waals surface area contributed by atoms with Crippen molar-refractivity contribution < 1.29 is 4.74 Å². The first-order valence-electron chi connectivity index (χ1n) is 5.63. The molecule has 1 heterocycles. The fourth-order valence-electron chi connectivity index (χ4n) is 1.66. The maximum Gasteiger partial charge on any atom is 0.134 e. The molecule has 0 saturated carbocycles. The van der Waals surface area contributed by atoms with Crippen molar-refractivity contribution in [1.82, 2.24) is 9.97 Å². The van der Waals surface area contributed by atoms with Gasteiger partial charge < -0.3 is 10.1 Å². The number of hydrogen-bond donors (Lipinski definition) is 1. The van der Waals surface area contributed by atoms with Crippen LogP contribution in [-0.4, -0.2) is 23.6 Å². The standard InChI is InChI=1S/C13H14ClN3O/c1-18-11-5-3-2-4-10(11)6-7-15-13-8-12(14)16-9-17-13/h2-5,8-9H,6-7H2,1H3,(H,15,16,17). The van der Waals surface area contributed by atoms with Crippen LogP contribution in [0.2, 0.25) is 5.15 Å². The van der Waals surface area contributed by atoms with E-state index in [1.165, 1.54) is 6.33 Å². The monoisotopic (exact) mass is 263 g/mol. The number of rotatable bonds is 5. The first-order valence-corrected chi connectivity index (χ1v) is 6.00. The Kier molecular flexibility index (Phi) is 4.36. The van der Waals surface area contributed by atoms with Gasteiger partial charge in [0.25, 0.3) is 0 Å². The normalized spacial score (nSPS) is 10.1. The average molecular weight is 264 g/mol. The minimum absolute atomic E-state index is 0.435. The Balaban J connectivity index is 1.92. The average Bonchev–Trinajstić information content (AvgIpc) is 2.39. The maximum absolute atomic E-state index is 5.78. The number of benzene rings is 1. The lowest BCUT2D eigenvalue weighted by Gasteiger charge is -2.09. The predicted molar refractivity (Wildman–Crippen MR) is 72.2 cm³/mol. The number of nitrogens with one attached hydrogen (secondary N) is 1. The van der Waals surface area contributed by atoms with Crippen molar-refractivity contribution in [3.63, 3.8) is 0 Å². The lowest BCUT2D eigenvalue weighted by atomic mass is 10.1. The van der Waals surface area contributed by atoms with Gasteiger partial charge in [0.05, 0.1) is 7.11 Å². The van der Waals surface area contributed by atoms with E-state index in [1.54, 1.807) is 13.2 Å². The molecule has 2 aromatic rings. The van der Waals surface area contributed by atoms with Gasteiger partial charge >= 0.3 is 0 Å². The molecular formula is C13H14ClN3O. The van der Waals surface area contributed by atoms with Crippen molar-refractivity contribution in [2.24, 2.45) is 0 Å². The van der Waals surface area contributed by atoms with Gasteiger partial charge in [0.1, 0.15) is 23.0 Å². The lowest BCUT2D eigenvalue weighted by Crippen LogP contribution is -2.07. The van der Waals surface area contributed by atoms with Crippen molar-refractivity contribution in [1.29, 1.82) is 0 Å². The number of nitrogens with zero attached hydrogens (tertiary/aromatic N) is 2. The Hall–Kier alpha value is -1.81. The summed E-state index contributed by atoms with van der Waals surface area (Å²) in [5.74, 6) is 1.63. The number of para-hydroxylation sites is 1. The number of hydrogen-bond acceptors (Lipinski definition) is 4. The topological polar surface area (TPSA) is 47.0 Å². The molecule has 0 fully saturated rings. The maximum atomic E-state index is 5.78. The summed E-state index contributed by atoms with van der Waals surface area (Å²) in [5.41, 5.74) is 1.16. The number of halogens is 1. The van der Waals surface area contributed by atoms with Gasteiger partial charge in [-0.15, -0.1) is 0 Å². The summed E-state index contributed by atoms with van der Waals surface area (Å²) in [7, 11) is 1.68. The molecule has 0 atom stereocenters. The van der Waals surface area contributed by atoms with Gasteiger partial charge in [0.2, 0.25) is 0 Å². The van der Waals surface area contributed by atoms with E-state index in [1.807, 2.05) is 24.3 Å². The highest BCUT2D eigenvalue weighted by Gasteiger charge is 2.01. The lowest BCUT2D eigenvalue weighted by molar-refractivity contribution is 0.410. The second-order valence-corrected chi connectivity index (χ2v) is 4.10. The highest BCUT2D eigenvalue weighted by molar-refractivity contribution is 6.29. The summed E-state index contributed by atoms with van der Waals surface area (Å²) in [4.78, 5) is 7.90. The molecule has 0 aliphatic heterocycles. The van der Waals surface area contributed by atoms with E-state index in [2.05, 4.69) is 15.3 Å². The van der Waals surface area contributed by atoms with Crippen LogP contribution in [0.4, 0.5) is 5.82 Å². The molecule has 0 radical (unpaired) electrons. The Morgan fingerprint density at radius 1 is 1.28 bits per heavy atom. The molecule has 0 amide bonds. The van der Waals surface area contributed by atoms with E-state index in [4.69, 9.17) is 16.3 Å². The van der Waals surface area contributed by atoms with E-state index >= 15 is 0 Å². The first-order chi connectivity index (χ1) is 8.79. The number of ether oxygens (including phenoxy) is 1. The molecule has 1 aromatic heterocycles. The van der Waals surface area contributed by atoms with Crippen LogP contribution >= 0.6 is 11.6 Å². The SMILES string of the molecule is COc1ccccc1CCNc1cc(Cl)ncn1. The zero-order valence-corrected chi connectivity index (χ0v) is 10.8. The molecule has 0 spiro atoms. The van der Waals surface area contributed by atoms with E-state index < -0.39 is 0 Å². The number of anilines is 1. The summed E-state index contributed by atoms with van der Waals surface area (Å²) in [6.07, 6.45) is 2.29. The summed E-state index contributed by atoms with van der Waals surface area (Å²) in [6.45, 7) is 0.758. The summed E-state index contributed by atoms with van der Waals surface area (Å²) in [5, 5.41) is 3.63. The summed E-state index contributed by atoms with van der Waals surface area (Å²) >= 11 is 5.78. The summed E-state index contributed by atoms with van der Waals surface area (Å²) < 4.78 is 5.29. The van der Waals surface area contributed by atoms with Crippen LogP contribution in [0, 0.1) is 0 Å². The van der Waals surface area contributed by atoms with Crippen LogP contribution in [-0.2, 0) is 6.42 Å². The molecule has 4 nitrogen and oxygen atoms in total. The fraction of sp³-hybridized carbons (Fsp3) is 0.231. The van der Waals surface area contributed by atoms with Crippen molar-refractivity contribution in [3.8, 4) is 5.75 Å². The second kappa shape index (κ2) is 6.21. The molecule has 18 heavy (non-hydrogen) atoms. The predicted octanol–water partition coefficient (Wildman–Crippen LogP) is 2.79. The largest absolute Gasteiger partial charge is 0.496 e. The van der Waals surface area contributed by atoms with Crippen molar-refractivity contribution in [3.05, 3.63) is 47.4 Å². The summed E-state index contributed by atoms with van der Waals surface area (Å²) in [6, 6.07) is 9.66. The number of methoxy groups -OCH3 is 1. The van der Waals surface area contributed by atoms with Crippen molar-refractivity contribution >= 4 is 17.4 Å². The molecule has 0 aliphatic carbocycles. The molecule has 1 N–H and O–H groups in total. The highest BCUT2D eigenvalue weighted by Crippen LogP contribution is 2.17. The van der Waals surface area contributed by atoms with Crippen LogP contribution in [0.15, 0.2) is 36.7 Å². The zero-order valence-electron chi connectivity index (χ0n) is 10.1. The van der Waals surface area contributed by atoms with Crippen molar-refractivity contribution in [2.45, 2.75) is 6.42 Å². The molecular weight excluding hydrogens is 250 g/mol. The van der Waals surface area contributed by atoms with Crippen LogP contribution < -0.4 is 10.1 Å². The molecule has 5 heteroatoms. The van der Waals surface area contributed by atoms with Gasteiger partial charge in [-0.25, -0.2) is 9.97 Å². The molecule has 1 aromatic carbocycles. The van der Waals surface area contributed by atoms with Gasteiger partial charge in [0.15, 0.2) is 0 Å². The quantitative estimate of drug-likeness (QED) is 0.843. The minimum atomic E-state index is 0.435. The van der Waals surface area contributed by atoms with E-state index in [-0.39, 0.29) is 0 Å². The molecule has 0 saturated heterocycles. The van der Waals surface area contributed by atoms with Gasteiger partial charge in [-0.2, -0.15) is 0 Å². The van der Waals surface area contributed by atoms with Crippen LogP contribution in [0.1, 0.15) is 5.56 Å². The fourth-order valence-corrected chi connectivity index (χ4v) is 1.81.